The Kier molecular flexibility index (Phi) is 4.48. The van der Waals surface area contributed by atoms with Gasteiger partial charge in [0.25, 0.3) is 0 Å². The SMILES string of the molecule is Brc1cn2cc(CN3CCNCC3)nc2c(N2CCOCC2)n1. The molecule has 2 aromatic rings. The lowest BCUT2D eigenvalue weighted by molar-refractivity contribution is 0.122. The van der Waals surface area contributed by atoms with Crippen molar-refractivity contribution in [2.75, 3.05) is 57.4 Å². The quantitative estimate of drug-likeness (QED) is 0.847. The van der Waals surface area contributed by atoms with Gasteiger partial charge < -0.3 is 19.4 Å². The normalized spacial score (nSPS) is 20.3. The number of hydrogen-bond donors (Lipinski definition) is 1. The summed E-state index contributed by atoms with van der Waals surface area (Å²) in [6, 6.07) is 0. The summed E-state index contributed by atoms with van der Waals surface area (Å²) >= 11 is 3.52. The van der Waals surface area contributed by atoms with E-state index in [4.69, 9.17) is 9.72 Å². The van der Waals surface area contributed by atoms with E-state index in [1.54, 1.807) is 0 Å². The van der Waals surface area contributed by atoms with Gasteiger partial charge in [0, 0.05) is 58.2 Å². The highest BCUT2D eigenvalue weighted by Gasteiger charge is 2.19. The number of halogens is 1. The molecule has 0 spiro atoms. The van der Waals surface area contributed by atoms with Gasteiger partial charge in [0.15, 0.2) is 11.5 Å². The Labute approximate surface area is 143 Å². The van der Waals surface area contributed by atoms with Gasteiger partial charge in [-0.1, -0.05) is 0 Å². The van der Waals surface area contributed by atoms with E-state index in [1.807, 2.05) is 6.20 Å². The van der Waals surface area contributed by atoms with Crippen molar-refractivity contribution in [3.05, 3.63) is 22.7 Å². The molecule has 2 aliphatic rings. The number of nitrogens with zero attached hydrogens (tertiary/aromatic N) is 5. The van der Waals surface area contributed by atoms with Crippen molar-refractivity contribution in [1.29, 1.82) is 0 Å². The molecule has 2 saturated heterocycles. The van der Waals surface area contributed by atoms with Crippen LogP contribution in [0.4, 0.5) is 5.82 Å². The van der Waals surface area contributed by atoms with Gasteiger partial charge in [-0.3, -0.25) is 4.90 Å². The zero-order valence-electron chi connectivity index (χ0n) is 13.0. The molecule has 0 aromatic carbocycles. The van der Waals surface area contributed by atoms with Gasteiger partial charge in [-0.05, 0) is 15.9 Å². The van der Waals surface area contributed by atoms with Crippen LogP contribution >= 0.6 is 15.9 Å². The fourth-order valence-electron chi connectivity index (χ4n) is 3.16. The predicted octanol–water partition coefficient (Wildman–Crippen LogP) is 0.734. The van der Waals surface area contributed by atoms with E-state index in [0.717, 1.165) is 80.8 Å². The maximum atomic E-state index is 5.45. The Bertz CT molecular complexity index is 678. The second kappa shape index (κ2) is 6.72. The van der Waals surface area contributed by atoms with Gasteiger partial charge >= 0.3 is 0 Å². The van der Waals surface area contributed by atoms with E-state index >= 15 is 0 Å². The molecule has 0 amide bonds. The van der Waals surface area contributed by atoms with E-state index in [2.05, 4.69) is 46.6 Å². The molecule has 0 radical (unpaired) electrons. The first-order chi connectivity index (χ1) is 11.3. The van der Waals surface area contributed by atoms with Gasteiger partial charge in [0.1, 0.15) is 4.60 Å². The van der Waals surface area contributed by atoms with Crippen LogP contribution in [-0.4, -0.2) is 71.8 Å². The fraction of sp³-hybridized carbons (Fsp3) is 0.600. The lowest BCUT2D eigenvalue weighted by Crippen LogP contribution is -2.42. The molecule has 1 N–H and O–H groups in total. The van der Waals surface area contributed by atoms with Crippen LogP contribution in [0, 0.1) is 0 Å². The number of fused-ring (bicyclic) bond motifs is 1. The predicted molar refractivity (Wildman–Crippen MR) is 91.9 cm³/mol. The molecule has 0 aliphatic carbocycles. The summed E-state index contributed by atoms with van der Waals surface area (Å²) in [7, 11) is 0. The number of morpholine rings is 1. The Balaban J connectivity index is 1.63. The highest BCUT2D eigenvalue weighted by molar-refractivity contribution is 9.10. The second-order valence-electron chi connectivity index (χ2n) is 5.98. The van der Waals surface area contributed by atoms with E-state index in [9.17, 15) is 0 Å². The number of aromatic nitrogens is 3. The number of nitrogens with one attached hydrogen (secondary N) is 1. The van der Waals surface area contributed by atoms with Crippen LogP contribution in [0.15, 0.2) is 17.0 Å². The van der Waals surface area contributed by atoms with Crippen molar-refractivity contribution in [2.45, 2.75) is 6.54 Å². The first-order valence-corrected chi connectivity index (χ1v) is 8.89. The minimum Gasteiger partial charge on any atom is -0.378 e. The summed E-state index contributed by atoms with van der Waals surface area (Å²) in [6.45, 7) is 8.36. The second-order valence-corrected chi connectivity index (χ2v) is 6.79. The maximum Gasteiger partial charge on any atom is 0.180 e. The molecule has 23 heavy (non-hydrogen) atoms. The van der Waals surface area contributed by atoms with Gasteiger partial charge in [0.05, 0.1) is 18.9 Å². The average molecular weight is 381 g/mol. The van der Waals surface area contributed by atoms with Crippen molar-refractivity contribution in [1.82, 2.24) is 24.6 Å². The molecule has 0 bridgehead atoms. The van der Waals surface area contributed by atoms with Gasteiger partial charge in [0.2, 0.25) is 0 Å². The summed E-state index contributed by atoms with van der Waals surface area (Å²) < 4.78 is 8.36. The lowest BCUT2D eigenvalue weighted by atomic mass is 10.3. The van der Waals surface area contributed by atoms with Crippen LogP contribution in [0.5, 0.6) is 0 Å². The minimum atomic E-state index is 0.745. The number of hydrogen-bond acceptors (Lipinski definition) is 6. The molecule has 0 atom stereocenters. The number of anilines is 1. The van der Waals surface area contributed by atoms with Gasteiger partial charge in [-0.25, -0.2) is 9.97 Å². The Morgan fingerprint density at radius 1 is 1.09 bits per heavy atom. The van der Waals surface area contributed by atoms with Crippen LogP contribution in [0.2, 0.25) is 0 Å². The minimum absolute atomic E-state index is 0.745. The molecule has 2 aromatic heterocycles. The molecule has 0 saturated carbocycles. The average Bonchev–Trinajstić information content (AvgIpc) is 2.98. The van der Waals surface area contributed by atoms with Crippen LogP contribution in [0.1, 0.15) is 5.69 Å². The van der Waals surface area contributed by atoms with E-state index in [-0.39, 0.29) is 0 Å². The third kappa shape index (κ3) is 3.35. The zero-order valence-corrected chi connectivity index (χ0v) is 14.6. The first kappa shape index (κ1) is 15.3. The Hall–Kier alpha value is -1.22. The topological polar surface area (TPSA) is 57.9 Å². The van der Waals surface area contributed by atoms with Crippen molar-refractivity contribution in [2.24, 2.45) is 0 Å². The smallest absolute Gasteiger partial charge is 0.180 e. The number of rotatable bonds is 3. The molecule has 4 rings (SSSR count). The number of piperazine rings is 1. The largest absolute Gasteiger partial charge is 0.378 e. The fourth-order valence-corrected chi connectivity index (χ4v) is 3.55. The maximum absolute atomic E-state index is 5.45. The van der Waals surface area contributed by atoms with Crippen molar-refractivity contribution in [3.63, 3.8) is 0 Å². The Morgan fingerprint density at radius 2 is 1.87 bits per heavy atom. The standard InChI is InChI=1S/C15H21BrN6O/c16-13-11-22-10-12(9-20-3-1-17-2-4-20)18-14(22)15(19-13)21-5-7-23-8-6-21/h10-11,17H,1-9H2. The Morgan fingerprint density at radius 3 is 2.65 bits per heavy atom. The van der Waals surface area contributed by atoms with Crippen molar-refractivity contribution < 1.29 is 4.74 Å². The molecule has 0 unspecified atom stereocenters. The van der Waals surface area contributed by atoms with E-state index in [1.165, 1.54) is 0 Å². The summed E-state index contributed by atoms with van der Waals surface area (Å²) in [5.41, 5.74) is 2.03. The van der Waals surface area contributed by atoms with Gasteiger partial charge in [-0.15, -0.1) is 0 Å². The van der Waals surface area contributed by atoms with E-state index in [0.29, 0.717) is 0 Å². The van der Waals surface area contributed by atoms with E-state index < -0.39 is 0 Å². The molecule has 8 heteroatoms. The van der Waals surface area contributed by atoms with Crippen molar-refractivity contribution in [3.8, 4) is 0 Å². The molecular formula is C15H21BrN6O. The van der Waals surface area contributed by atoms with Gasteiger partial charge in [-0.2, -0.15) is 0 Å². The summed E-state index contributed by atoms with van der Waals surface area (Å²) in [5, 5.41) is 3.38. The monoisotopic (exact) mass is 380 g/mol. The molecule has 2 fully saturated rings. The van der Waals surface area contributed by atoms with Crippen LogP contribution in [0.25, 0.3) is 5.65 Å². The molecule has 7 nitrogen and oxygen atoms in total. The highest BCUT2D eigenvalue weighted by Crippen LogP contribution is 2.23. The number of ether oxygens (including phenoxy) is 1. The lowest BCUT2D eigenvalue weighted by Gasteiger charge is -2.28. The molecule has 124 valence electrons. The molecule has 4 heterocycles. The third-order valence-electron chi connectivity index (χ3n) is 4.35. The van der Waals surface area contributed by atoms with Crippen LogP contribution in [0.3, 0.4) is 0 Å². The van der Waals surface area contributed by atoms with Crippen molar-refractivity contribution >= 4 is 27.4 Å². The molecular weight excluding hydrogens is 360 g/mol. The van der Waals surface area contributed by atoms with Crippen LogP contribution in [-0.2, 0) is 11.3 Å². The summed E-state index contributed by atoms with van der Waals surface area (Å²) in [5.74, 6) is 0.939. The third-order valence-corrected chi connectivity index (χ3v) is 4.73. The summed E-state index contributed by atoms with van der Waals surface area (Å²) in [4.78, 5) is 14.2. The van der Waals surface area contributed by atoms with Crippen LogP contribution < -0.4 is 10.2 Å². The first-order valence-electron chi connectivity index (χ1n) is 8.09. The number of imidazole rings is 1. The highest BCUT2D eigenvalue weighted by atomic mass is 79.9. The zero-order chi connectivity index (χ0) is 15.6. The molecule has 2 aliphatic heterocycles. The summed E-state index contributed by atoms with van der Waals surface area (Å²) in [6.07, 6.45) is 4.10.